The number of nitrogens with zero attached hydrogens (tertiary/aromatic N) is 2. The molecule has 3 heterocycles. The van der Waals surface area contributed by atoms with Crippen molar-refractivity contribution in [3.8, 4) is 0 Å². The zero-order valence-corrected chi connectivity index (χ0v) is 16.0. The van der Waals surface area contributed by atoms with Crippen molar-refractivity contribution in [2.75, 3.05) is 19.7 Å². The first-order chi connectivity index (χ1) is 12.4. The van der Waals surface area contributed by atoms with Crippen LogP contribution in [0.2, 0.25) is 0 Å². The van der Waals surface area contributed by atoms with E-state index in [0.717, 1.165) is 46.5 Å². The second-order valence-corrected chi connectivity index (χ2v) is 7.59. The molecular weight excluding hydrogens is 354 g/mol. The Balaban J connectivity index is 1.63. The number of ether oxygens (including phenoxy) is 1. The summed E-state index contributed by atoms with van der Waals surface area (Å²) in [4.78, 5) is 38.1. The van der Waals surface area contributed by atoms with Crippen molar-refractivity contribution < 1.29 is 19.1 Å². The summed E-state index contributed by atoms with van der Waals surface area (Å²) in [6, 6.07) is 1.97. The lowest BCUT2D eigenvalue weighted by Crippen LogP contribution is -2.41. The molecule has 0 bridgehead atoms. The number of aromatic nitrogens is 1. The van der Waals surface area contributed by atoms with Gasteiger partial charge in [-0.25, -0.2) is 0 Å². The van der Waals surface area contributed by atoms with Crippen LogP contribution in [0.25, 0.3) is 6.08 Å². The molecule has 140 valence electrons. The monoisotopic (exact) mass is 377 g/mol. The summed E-state index contributed by atoms with van der Waals surface area (Å²) in [6.45, 7) is 4.80. The predicted octanol–water partition coefficient (Wildman–Crippen LogP) is 1.97. The van der Waals surface area contributed by atoms with Gasteiger partial charge in [0.25, 0.3) is 11.1 Å². The third-order valence-electron chi connectivity index (χ3n) is 4.83. The van der Waals surface area contributed by atoms with E-state index >= 15 is 0 Å². The Hall–Kier alpha value is -2.06. The largest absolute Gasteiger partial charge is 0.376 e. The number of aryl methyl sites for hydroxylation is 1. The highest BCUT2D eigenvalue weighted by Crippen LogP contribution is 2.32. The van der Waals surface area contributed by atoms with Crippen molar-refractivity contribution in [1.82, 2.24) is 14.8 Å². The average Bonchev–Trinajstić information content (AvgIpc) is 3.27. The number of hydrogen-bond acceptors (Lipinski definition) is 5. The fourth-order valence-electron chi connectivity index (χ4n) is 3.04. The van der Waals surface area contributed by atoms with Crippen molar-refractivity contribution in [2.45, 2.75) is 32.8 Å². The molecule has 1 aromatic heterocycles. The van der Waals surface area contributed by atoms with Crippen LogP contribution in [0.4, 0.5) is 4.79 Å². The quantitative estimate of drug-likeness (QED) is 0.794. The van der Waals surface area contributed by atoms with Crippen molar-refractivity contribution in [2.24, 2.45) is 7.05 Å². The molecule has 26 heavy (non-hydrogen) atoms. The van der Waals surface area contributed by atoms with Gasteiger partial charge in [-0.3, -0.25) is 19.3 Å². The van der Waals surface area contributed by atoms with Gasteiger partial charge in [-0.15, -0.1) is 0 Å². The van der Waals surface area contributed by atoms with E-state index in [1.165, 1.54) is 0 Å². The van der Waals surface area contributed by atoms with Gasteiger partial charge in [-0.05, 0) is 56.2 Å². The molecule has 8 heteroatoms. The highest BCUT2D eigenvalue weighted by atomic mass is 32.2. The molecule has 0 unspecified atom stereocenters. The molecule has 1 atom stereocenters. The van der Waals surface area contributed by atoms with Gasteiger partial charge < -0.3 is 14.6 Å². The second-order valence-electron chi connectivity index (χ2n) is 6.59. The molecule has 2 fully saturated rings. The number of amides is 3. The zero-order valence-electron chi connectivity index (χ0n) is 15.2. The minimum Gasteiger partial charge on any atom is -0.376 e. The molecule has 3 rings (SSSR count). The Morgan fingerprint density at radius 2 is 2.19 bits per heavy atom. The van der Waals surface area contributed by atoms with Crippen LogP contribution in [0, 0.1) is 13.8 Å². The minimum atomic E-state index is -0.423. The van der Waals surface area contributed by atoms with Gasteiger partial charge in [0, 0.05) is 31.6 Å². The highest BCUT2D eigenvalue weighted by Gasteiger charge is 2.36. The predicted molar refractivity (Wildman–Crippen MR) is 99.5 cm³/mol. The lowest BCUT2D eigenvalue weighted by molar-refractivity contribution is -0.129. The lowest BCUT2D eigenvalue weighted by Gasteiger charge is -2.14. The molecule has 2 saturated heterocycles. The summed E-state index contributed by atoms with van der Waals surface area (Å²) in [7, 11) is 1.95. The molecule has 7 nitrogen and oxygen atoms in total. The summed E-state index contributed by atoms with van der Waals surface area (Å²) < 4.78 is 7.47. The Labute approximate surface area is 156 Å². The summed E-state index contributed by atoms with van der Waals surface area (Å²) in [5.74, 6) is -0.774. The molecule has 0 spiro atoms. The molecule has 2 aliphatic heterocycles. The molecule has 0 aromatic carbocycles. The van der Waals surface area contributed by atoms with E-state index in [0.29, 0.717) is 18.1 Å². The normalized spacial score (nSPS) is 21.9. The van der Waals surface area contributed by atoms with E-state index < -0.39 is 11.1 Å². The Morgan fingerprint density at radius 3 is 2.81 bits per heavy atom. The standard InChI is InChI=1S/C18H23N3O4S/c1-11-7-13(12(2)20(11)3)8-15-17(23)21(18(24)26-15)10-16(22)19-9-14-5-4-6-25-14/h7-8,14H,4-6,9-10H2,1-3H3,(H,19,22)/b15-8-/t14-/m1/s1. The highest BCUT2D eigenvalue weighted by molar-refractivity contribution is 8.18. The van der Waals surface area contributed by atoms with E-state index in [2.05, 4.69) is 5.32 Å². The topological polar surface area (TPSA) is 80.6 Å². The Morgan fingerprint density at radius 1 is 1.42 bits per heavy atom. The van der Waals surface area contributed by atoms with Crippen LogP contribution in [0.15, 0.2) is 11.0 Å². The number of carbonyl (C=O) groups excluding carboxylic acids is 3. The van der Waals surface area contributed by atoms with Gasteiger partial charge in [0.2, 0.25) is 5.91 Å². The average molecular weight is 377 g/mol. The van der Waals surface area contributed by atoms with Crippen molar-refractivity contribution in [1.29, 1.82) is 0 Å². The third-order valence-corrected chi connectivity index (χ3v) is 5.73. The van der Waals surface area contributed by atoms with Crippen LogP contribution in [0.5, 0.6) is 0 Å². The number of carbonyl (C=O) groups is 3. The Kier molecular flexibility index (Phi) is 5.52. The van der Waals surface area contributed by atoms with Crippen LogP contribution >= 0.6 is 11.8 Å². The minimum absolute atomic E-state index is 0.0260. The van der Waals surface area contributed by atoms with Crippen LogP contribution < -0.4 is 5.32 Å². The van der Waals surface area contributed by atoms with Crippen molar-refractivity contribution in [3.63, 3.8) is 0 Å². The number of thioether (sulfide) groups is 1. The van der Waals surface area contributed by atoms with E-state index in [9.17, 15) is 14.4 Å². The van der Waals surface area contributed by atoms with Crippen molar-refractivity contribution >= 4 is 34.9 Å². The SMILES string of the molecule is Cc1cc(/C=C2\SC(=O)N(CC(=O)NC[C@H]3CCCO3)C2=O)c(C)n1C. The second kappa shape index (κ2) is 7.67. The van der Waals surface area contributed by atoms with Crippen LogP contribution in [0.1, 0.15) is 29.8 Å². The lowest BCUT2D eigenvalue weighted by atomic mass is 10.2. The fourth-order valence-corrected chi connectivity index (χ4v) is 3.87. The third kappa shape index (κ3) is 3.86. The molecule has 3 amide bonds. The maximum absolute atomic E-state index is 12.5. The molecule has 0 saturated carbocycles. The van der Waals surface area contributed by atoms with Crippen LogP contribution in [-0.2, 0) is 21.4 Å². The van der Waals surface area contributed by atoms with Gasteiger partial charge in [-0.2, -0.15) is 0 Å². The van der Waals surface area contributed by atoms with Gasteiger partial charge >= 0.3 is 0 Å². The van der Waals surface area contributed by atoms with E-state index in [1.807, 2.05) is 31.5 Å². The van der Waals surface area contributed by atoms with E-state index in [4.69, 9.17) is 4.74 Å². The summed E-state index contributed by atoms with van der Waals surface area (Å²) in [5, 5.41) is 2.32. The Bertz CT molecular complexity index is 778. The summed E-state index contributed by atoms with van der Waals surface area (Å²) in [6.07, 6.45) is 3.66. The smallest absolute Gasteiger partial charge is 0.294 e. The maximum Gasteiger partial charge on any atom is 0.294 e. The number of nitrogens with one attached hydrogen (secondary N) is 1. The van der Waals surface area contributed by atoms with Crippen LogP contribution in [0.3, 0.4) is 0 Å². The molecular formula is C18H23N3O4S. The molecule has 0 radical (unpaired) electrons. The first kappa shape index (κ1) is 18.7. The summed E-state index contributed by atoms with van der Waals surface area (Å²) >= 11 is 0.870. The van der Waals surface area contributed by atoms with Crippen molar-refractivity contribution in [3.05, 3.63) is 27.9 Å². The zero-order chi connectivity index (χ0) is 18.8. The fraction of sp³-hybridized carbons (Fsp3) is 0.500. The van der Waals surface area contributed by atoms with Gasteiger partial charge in [0.15, 0.2) is 0 Å². The van der Waals surface area contributed by atoms with Gasteiger partial charge in [0.1, 0.15) is 6.54 Å². The summed E-state index contributed by atoms with van der Waals surface area (Å²) in [5.41, 5.74) is 2.99. The molecule has 1 aromatic rings. The molecule has 2 aliphatic rings. The van der Waals surface area contributed by atoms with E-state index in [1.54, 1.807) is 6.08 Å². The molecule has 0 aliphatic carbocycles. The number of rotatable bonds is 5. The number of hydrogen-bond donors (Lipinski definition) is 1. The van der Waals surface area contributed by atoms with Gasteiger partial charge in [-0.1, -0.05) is 0 Å². The molecule has 1 N–H and O–H groups in total. The van der Waals surface area contributed by atoms with E-state index in [-0.39, 0.29) is 18.6 Å². The van der Waals surface area contributed by atoms with Gasteiger partial charge in [0.05, 0.1) is 11.0 Å². The first-order valence-corrected chi connectivity index (χ1v) is 9.45. The van der Waals surface area contributed by atoms with Crippen LogP contribution in [-0.4, -0.2) is 52.3 Å². The maximum atomic E-state index is 12.5. The number of imide groups is 1. The first-order valence-electron chi connectivity index (χ1n) is 8.63.